The summed E-state index contributed by atoms with van der Waals surface area (Å²) in [6.07, 6.45) is 1.90. The van der Waals surface area contributed by atoms with Gasteiger partial charge in [-0.25, -0.2) is 0 Å². The van der Waals surface area contributed by atoms with E-state index in [-0.39, 0.29) is 5.41 Å². The van der Waals surface area contributed by atoms with Crippen LogP contribution in [0.4, 0.5) is 0 Å². The van der Waals surface area contributed by atoms with Crippen LogP contribution < -0.4 is 0 Å². The molecule has 0 aliphatic heterocycles. The van der Waals surface area contributed by atoms with E-state index in [0.717, 1.165) is 10.9 Å². The zero-order valence-corrected chi connectivity index (χ0v) is 20.3. The van der Waals surface area contributed by atoms with Crippen molar-refractivity contribution in [3.05, 3.63) is 120 Å². The summed E-state index contributed by atoms with van der Waals surface area (Å²) in [5, 5.41) is 6.14. The Balaban J connectivity index is 1.64. The van der Waals surface area contributed by atoms with E-state index in [1.807, 2.05) is 12.3 Å². The van der Waals surface area contributed by atoms with Crippen molar-refractivity contribution in [2.24, 2.45) is 0 Å². The minimum Gasteiger partial charge on any atom is -0.308 e. The van der Waals surface area contributed by atoms with Crippen LogP contribution in [0.15, 0.2) is 109 Å². The molecule has 0 amide bonds. The van der Waals surface area contributed by atoms with Gasteiger partial charge in [-0.1, -0.05) is 98.8 Å². The van der Waals surface area contributed by atoms with Crippen molar-refractivity contribution in [2.75, 3.05) is 0 Å². The number of pyridine rings is 1. The molecule has 0 spiro atoms. The average Bonchev–Trinajstić information content (AvgIpc) is 3.38. The second-order valence-corrected chi connectivity index (χ2v) is 10.4. The van der Waals surface area contributed by atoms with Crippen molar-refractivity contribution in [1.82, 2.24) is 9.55 Å². The van der Waals surface area contributed by atoms with Crippen LogP contribution in [0.2, 0.25) is 0 Å². The van der Waals surface area contributed by atoms with E-state index in [4.69, 9.17) is 4.98 Å². The van der Waals surface area contributed by atoms with Crippen molar-refractivity contribution >= 4 is 43.5 Å². The van der Waals surface area contributed by atoms with Crippen molar-refractivity contribution in [2.45, 2.75) is 19.3 Å². The molecule has 0 saturated carbocycles. The largest absolute Gasteiger partial charge is 0.308 e. The van der Waals surface area contributed by atoms with Gasteiger partial charge in [0.1, 0.15) is 0 Å². The third-order valence-electron chi connectivity index (χ3n) is 8.21. The predicted octanol–water partition coefficient (Wildman–Crippen LogP) is 8.79. The molecule has 36 heavy (non-hydrogen) atoms. The van der Waals surface area contributed by atoms with Gasteiger partial charge in [0.2, 0.25) is 0 Å². The van der Waals surface area contributed by atoms with Gasteiger partial charge in [-0.15, -0.1) is 0 Å². The Labute approximate surface area is 209 Å². The number of rotatable bonds is 1. The van der Waals surface area contributed by atoms with Gasteiger partial charge in [-0.05, 0) is 40.3 Å². The van der Waals surface area contributed by atoms with Crippen molar-refractivity contribution in [3.8, 4) is 16.8 Å². The van der Waals surface area contributed by atoms with Gasteiger partial charge in [-0.3, -0.25) is 4.98 Å². The van der Waals surface area contributed by atoms with Crippen molar-refractivity contribution < 1.29 is 0 Å². The molecule has 0 fully saturated rings. The Bertz CT molecular complexity index is 2020. The highest BCUT2D eigenvalue weighted by Gasteiger charge is 2.37. The van der Waals surface area contributed by atoms with Gasteiger partial charge < -0.3 is 4.57 Å². The molecule has 0 saturated heterocycles. The second kappa shape index (κ2) is 6.83. The number of hydrogen-bond acceptors (Lipinski definition) is 1. The first kappa shape index (κ1) is 19.8. The Morgan fingerprint density at radius 2 is 1.44 bits per heavy atom. The summed E-state index contributed by atoms with van der Waals surface area (Å²) in [6.45, 7) is 4.71. The number of nitrogens with zero attached hydrogens (tertiary/aromatic N) is 2. The Hall–Kier alpha value is -4.43. The first-order valence-electron chi connectivity index (χ1n) is 12.6. The van der Waals surface area contributed by atoms with Crippen LogP contribution >= 0.6 is 0 Å². The lowest BCUT2D eigenvalue weighted by Gasteiger charge is -2.21. The lowest BCUT2D eigenvalue weighted by Crippen LogP contribution is -2.14. The molecule has 2 heterocycles. The lowest BCUT2D eigenvalue weighted by atomic mass is 9.82. The van der Waals surface area contributed by atoms with E-state index >= 15 is 0 Å². The molecule has 0 unspecified atom stereocenters. The summed E-state index contributed by atoms with van der Waals surface area (Å²) in [5.41, 5.74) is 10.2. The minimum absolute atomic E-state index is 0.0472. The molecule has 0 bridgehead atoms. The normalized spacial score (nSPS) is 14.1. The van der Waals surface area contributed by atoms with E-state index < -0.39 is 0 Å². The van der Waals surface area contributed by atoms with Crippen LogP contribution in [0.25, 0.3) is 60.3 Å². The molecular weight excluding hydrogens is 436 g/mol. The molecule has 0 radical (unpaired) electrons. The van der Waals surface area contributed by atoms with Crippen molar-refractivity contribution in [1.29, 1.82) is 0 Å². The molecule has 2 heteroatoms. The lowest BCUT2D eigenvalue weighted by molar-refractivity contribution is 0.661. The number of hydrogen-bond donors (Lipinski definition) is 0. The van der Waals surface area contributed by atoms with Crippen LogP contribution in [0.5, 0.6) is 0 Å². The smallest absolute Gasteiger partial charge is 0.0801 e. The summed E-state index contributed by atoms with van der Waals surface area (Å²) in [4.78, 5) is 4.86. The highest BCUT2D eigenvalue weighted by Crippen LogP contribution is 2.53. The first-order chi connectivity index (χ1) is 17.6. The maximum absolute atomic E-state index is 4.86. The van der Waals surface area contributed by atoms with Gasteiger partial charge >= 0.3 is 0 Å². The summed E-state index contributed by atoms with van der Waals surface area (Å²) in [6, 6.07) is 37.6. The number of aromatic nitrogens is 2. The number of benzene rings is 5. The average molecular weight is 461 g/mol. The summed E-state index contributed by atoms with van der Waals surface area (Å²) in [7, 11) is 0. The molecule has 2 nitrogen and oxygen atoms in total. The molecule has 0 N–H and O–H groups in total. The van der Waals surface area contributed by atoms with Gasteiger partial charge in [0.15, 0.2) is 0 Å². The van der Waals surface area contributed by atoms with Gasteiger partial charge in [-0.2, -0.15) is 0 Å². The van der Waals surface area contributed by atoms with E-state index in [1.54, 1.807) is 0 Å². The van der Waals surface area contributed by atoms with Crippen LogP contribution in [0.3, 0.4) is 0 Å². The van der Waals surface area contributed by atoms with Crippen LogP contribution in [0, 0.1) is 0 Å². The van der Waals surface area contributed by atoms with Gasteiger partial charge in [0.05, 0.1) is 22.2 Å². The van der Waals surface area contributed by atoms with E-state index in [9.17, 15) is 0 Å². The van der Waals surface area contributed by atoms with Gasteiger partial charge in [0.25, 0.3) is 0 Å². The molecule has 8 rings (SSSR count). The summed E-state index contributed by atoms with van der Waals surface area (Å²) in [5.74, 6) is 0. The summed E-state index contributed by atoms with van der Waals surface area (Å²) >= 11 is 0. The zero-order chi connectivity index (χ0) is 24.0. The predicted molar refractivity (Wildman–Crippen MR) is 151 cm³/mol. The number of fused-ring (bicyclic) bond motifs is 10. The Morgan fingerprint density at radius 3 is 2.39 bits per heavy atom. The standard InChI is InChI=1S/C34H24N2/c1-34(2)26-13-5-3-12-25(26)31-27(34)19-18-24-23-11-4-6-14-28(23)36(33(24)31)29-15-7-9-21-16-17-22-10-8-20-35-32(22)30(21)29/h3-20H,1-2H3. The fourth-order valence-corrected chi connectivity index (χ4v) is 6.57. The van der Waals surface area contributed by atoms with E-state index in [1.165, 1.54) is 60.5 Å². The molecule has 1 aliphatic rings. The highest BCUT2D eigenvalue weighted by molar-refractivity contribution is 6.18. The summed E-state index contributed by atoms with van der Waals surface area (Å²) < 4.78 is 2.50. The van der Waals surface area contributed by atoms with Crippen molar-refractivity contribution in [3.63, 3.8) is 0 Å². The minimum atomic E-state index is -0.0472. The molecule has 5 aromatic carbocycles. The maximum atomic E-state index is 4.86. The maximum Gasteiger partial charge on any atom is 0.0801 e. The van der Waals surface area contributed by atoms with Crippen LogP contribution in [-0.2, 0) is 5.41 Å². The quantitative estimate of drug-likeness (QED) is 0.224. The van der Waals surface area contributed by atoms with Crippen LogP contribution in [-0.4, -0.2) is 9.55 Å². The highest BCUT2D eigenvalue weighted by atomic mass is 15.0. The van der Waals surface area contributed by atoms with E-state index in [2.05, 4.69) is 115 Å². The molecule has 7 aromatic rings. The SMILES string of the molecule is CC1(C)c2ccccc2-c2c1ccc1c3ccccc3n(-c3cccc4ccc5cccnc5c34)c21. The zero-order valence-electron chi connectivity index (χ0n) is 20.3. The second-order valence-electron chi connectivity index (χ2n) is 10.4. The molecule has 2 aromatic heterocycles. The number of para-hydroxylation sites is 1. The fourth-order valence-electron chi connectivity index (χ4n) is 6.57. The molecular formula is C34H24N2. The fraction of sp³-hybridized carbons (Fsp3) is 0.0882. The van der Waals surface area contributed by atoms with Crippen LogP contribution in [0.1, 0.15) is 25.0 Å². The Morgan fingerprint density at radius 1 is 0.639 bits per heavy atom. The molecule has 0 atom stereocenters. The topological polar surface area (TPSA) is 17.8 Å². The first-order valence-corrected chi connectivity index (χ1v) is 12.6. The van der Waals surface area contributed by atoms with Gasteiger partial charge in [0, 0.05) is 38.7 Å². The van der Waals surface area contributed by atoms with E-state index in [0.29, 0.717) is 0 Å². The Kier molecular flexibility index (Phi) is 3.76. The third-order valence-corrected chi connectivity index (χ3v) is 8.21. The monoisotopic (exact) mass is 460 g/mol. The third kappa shape index (κ3) is 2.39. The molecule has 170 valence electrons. The molecule has 1 aliphatic carbocycles.